The number of anilines is 1. The Bertz CT molecular complexity index is 783. The molecule has 0 unspecified atom stereocenters. The van der Waals surface area contributed by atoms with Crippen molar-refractivity contribution >= 4 is 17.6 Å². The van der Waals surface area contributed by atoms with Gasteiger partial charge in [-0.15, -0.1) is 0 Å². The summed E-state index contributed by atoms with van der Waals surface area (Å²) in [4.78, 5) is 29.9. The summed E-state index contributed by atoms with van der Waals surface area (Å²) in [7, 11) is 1.63. The van der Waals surface area contributed by atoms with Gasteiger partial charge in [-0.3, -0.25) is 4.79 Å². The average Bonchev–Trinajstić information content (AvgIpc) is 3.32. The first-order valence-electron chi connectivity index (χ1n) is 8.82. The van der Waals surface area contributed by atoms with Crippen LogP contribution in [-0.4, -0.2) is 53.3 Å². The van der Waals surface area contributed by atoms with Crippen molar-refractivity contribution in [2.75, 3.05) is 25.5 Å². The van der Waals surface area contributed by atoms with Gasteiger partial charge in [0.1, 0.15) is 0 Å². The molecule has 1 fully saturated rings. The van der Waals surface area contributed by atoms with E-state index in [1.54, 1.807) is 38.2 Å². The van der Waals surface area contributed by atoms with Crippen LogP contribution in [0.15, 0.2) is 28.8 Å². The predicted molar refractivity (Wildman–Crippen MR) is 97.3 cm³/mol. The summed E-state index contributed by atoms with van der Waals surface area (Å²) >= 11 is 0. The number of amides is 3. The number of nitrogens with zero attached hydrogens (tertiary/aromatic N) is 3. The average molecular weight is 373 g/mol. The molecule has 1 atom stereocenters. The van der Waals surface area contributed by atoms with Crippen molar-refractivity contribution in [3.8, 4) is 0 Å². The fourth-order valence-electron chi connectivity index (χ4n) is 2.73. The molecule has 27 heavy (non-hydrogen) atoms. The monoisotopic (exact) mass is 373 g/mol. The Morgan fingerprint density at radius 1 is 1.30 bits per heavy atom. The third kappa shape index (κ3) is 5.27. The van der Waals surface area contributed by atoms with Crippen LogP contribution in [0.25, 0.3) is 0 Å². The highest BCUT2D eigenvalue weighted by atomic mass is 16.5. The topological polar surface area (TPSA) is 110 Å². The third-order valence-corrected chi connectivity index (χ3v) is 4.21. The lowest BCUT2D eigenvalue weighted by molar-refractivity contribution is 0.0858. The van der Waals surface area contributed by atoms with E-state index in [0.29, 0.717) is 29.5 Å². The number of benzene rings is 1. The highest BCUT2D eigenvalue weighted by Gasteiger charge is 2.17. The Morgan fingerprint density at radius 2 is 2.07 bits per heavy atom. The largest absolute Gasteiger partial charge is 0.376 e. The molecule has 0 spiro atoms. The van der Waals surface area contributed by atoms with E-state index in [1.165, 1.54) is 4.90 Å². The summed E-state index contributed by atoms with van der Waals surface area (Å²) in [5, 5.41) is 9.39. The molecular weight excluding hydrogens is 350 g/mol. The van der Waals surface area contributed by atoms with Crippen molar-refractivity contribution in [1.29, 1.82) is 0 Å². The maximum Gasteiger partial charge on any atom is 0.321 e. The molecule has 2 heterocycles. The van der Waals surface area contributed by atoms with Gasteiger partial charge < -0.3 is 24.8 Å². The van der Waals surface area contributed by atoms with E-state index in [1.807, 2.05) is 0 Å². The molecule has 9 heteroatoms. The Labute approximate surface area is 157 Å². The van der Waals surface area contributed by atoms with Gasteiger partial charge in [-0.1, -0.05) is 5.16 Å². The number of carbonyl (C=O) groups excluding carboxylic acids is 2. The third-order valence-electron chi connectivity index (χ3n) is 4.21. The van der Waals surface area contributed by atoms with Crippen molar-refractivity contribution in [2.45, 2.75) is 32.4 Å². The van der Waals surface area contributed by atoms with E-state index in [0.717, 1.165) is 19.4 Å². The van der Waals surface area contributed by atoms with Crippen LogP contribution in [0, 0.1) is 6.92 Å². The zero-order chi connectivity index (χ0) is 19.2. The highest BCUT2D eigenvalue weighted by Crippen LogP contribution is 2.13. The summed E-state index contributed by atoms with van der Waals surface area (Å²) in [6.45, 7) is 3.19. The van der Waals surface area contributed by atoms with Gasteiger partial charge in [0.25, 0.3) is 5.91 Å². The van der Waals surface area contributed by atoms with E-state index < -0.39 is 0 Å². The maximum atomic E-state index is 12.2. The number of carbonyl (C=O) groups is 2. The second kappa shape index (κ2) is 8.63. The normalized spacial score (nSPS) is 16.1. The molecule has 1 saturated heterocycles. The van der Waals surface area contributed by atoms with Crippen molar-refractivity contribution in [2.24, 2.45) is 0 Å². The zero-order valence-corrected chi connectivity index (χ0v) is 15.4. The first-order chi connectivity index (χ1) is 13.0. The minimum absolute atomic E-state index is 0.103. The molecule has 3 amide bonds. The number of nitrogens with one attached hydrogen (secondary N) is 2. The Hall–Kier alpha value is -2.94. The van der Waals surface area contributed by atoms with Crippen LogP contribution in [0.1, 0.15) is 34.9 Å². The van der Waals surface area contributed by atoms with Crippen molar-refractivity contribution < 1.29 is 18.8 Å². The Kier molecular flexibility index (Phi) is 6.02. The van der Waals surface area contributed by atoms with E-state index in [-0.39, 0.29) is 24.6 Å². The molecule has 1 aliphatic heterocycles. The minimum Gasteiger partial charge on any atom is -0.376 e. The van der Waals surface area contributed by atoms with Crippen molar-refractivity contribution in [3.05, 3.63) is 41.5 Å². The van der Waals surface area contributed by atoms with Gasteiger partial charge in [0.05, 0.1) is 12.6 Å². The SMILES string of the molecule is Cc1nc(CN(C)C(=O)Nc2ccc(C(=O)NC[C@@H]3CCCO3)cc2)no1. The predicted octanol–water partition coefficient (Wildman–Crippen LogP) is 1.95. The van der Waals surface area contributed by atoms with Crippen LogP contribution >= 0.6 is 0 Å². The molecule has 0 radical (unpaired) electrons. The van der Waals surface area contributed by atoms with Gasteiger partial charge in [0, 0.05) is 38.4 Å². The van der Waals surface area contributed by atoms with E-state index in [9.17, 15) is 9.59 Å². The number of rotatable bonds is 6. The second-order valence-corrected chi connectivity index (χ2v) is 6.44. The highest BCUT2D eigenvalue weighted by molar-refractivity contribution is 5.95. The number of hydrogen-bond acceptors (Lipinski definition) is 6. The molecule has 1 aromatic carbocycles. The van der Waals surface area contributed by atoms with Gasteiger partial charge in [-0.25, -0.2) is 4.79 Å². The van der Waals surface area contributed by atoms with Gasteiger partial charge in [0.2, 0.25) is 5.89 Å². The van der Waals surface area contributed by atoms with Crippen LogP contribution in [0.4, 0.5) is 10.5 Å². The number of hydrogen-bond donors (Lipinski definition) is 2. The maximum absolute atomic E-state index is 12.2. The fraction of sp³-hybridized carbons (Fsp3) is 0.444. The fourth-order valence-corrected chi connectivity index (χ4v) is 2.73. The molecule has 0 bridgehead atoms. The number of urea groups is 1. The van der Waals surface area contributed by atoms with Gasteiger partial charge in [-0.2, -0.15) is 4.98 Å². The lowest BCUT2D eigenvalue weighted by atomic mass is 10.2. The van der Waals surface area contributed by atoms with Crippen LogP contribution < -0.4 is 10.6 Å². The van der Waals surface area contributed by atoms with E-state index >= 15 is 0 Å². The standard InChI is InChI=1S/C18H23N5O4/c1-12-20-16(22-27-12)11-23(2)18(25)21-14-7-5-13(6-8-14)17(24)19-10-15-4-3-9-26-15/h5-8,15H,3-4,9-11H2,1-2H3,(H,19,24)(H,21,25)/t15-/m0/s1. The summed E-state index contributed by atoms with van der Waals surface area (Å²) in [5.74, 6) is 0.726. The first-order valence-corrected chi connectivity index (χ1v) is 8.82. The number of aryl methyl sites for hydroxylation is 1. The zero-order valence-electron chi connectivity index (χ0n) is 15.4. The van der Waals surface area contributed by atoms with Gasteiger partial charge in [0.15, 0.2) is 5.82 Å². The molecule has 3 rings (SSSR count). The summed E-state index contributed by atoms with van der Waals surface area (Å²) < 4.78 is 10.4. The molecule has 0 aliphatic carbocycles. The van der Waals surface area contributed by atoms with Crippen LogP contribution in [-0.2, 0) is 11.3 Å². The lowest BCUT2D eigenvalue weighted by Gasteiger charge is -2.16. The van der Waals surface area contributed by atoms with Crippen LogP contribution in [0.3, 0.4) is 0 Å². The Morgan fingerprint density at radius 3 is 2.70 bits per heavy atom. The first kappa shape index (κ1) is 18.8. The van der Waals surface area contributed by atoms with Crippen molar-refractivity contribution in [3.63, 3.8) is 0 Å². The smallest absolute Gasteiger partial charge is 0.321 e. The molecule has 2 N–H and O–H groups in total. The van der Waals surface area contributed by atoms with E-state index in [2.05, 4.69) is 20.8 Å². The summed E-state index contributed by atoms with van der Waals surface area (Å²) in [6.07, 6.45) is 2.11. The van der Waals surface area contributed by atoms with Crippen LogP contribution in [0.2, 0.25) is 0 Å². The lowest BCUT2D eigenvalue weighted by Crippen LogP contribution is -2.32. The van der Waals surface area contributed by atoms with Gasteiger partial charge >= 0.3 is 6.03 Å². The number of aromatic nitrogens is 2. The summed E-state index contributed by atoms with van der Waals surface area (Å²) in [6, 6.07) is 6.40. The number of ether oxygens (including phenoxy) is 1. The quantitative estimate of drug-likeness (QED) is 0.801. The molecule has 9 nitrogen and oxygen atoms in total. The molecule has 0 saturated carbocycles. The van der Waals surface area contributed by atoms with E-state index in [4.69, 9.17) is 9.26 Å². The second-order valence-electron chi connectivity index (χ2n) is 6.44. The van der Waals surface area contributed by atoms with Crippen molar-refractivity contribution in [1.82, 2.24) is 20.4 Å². The van der Waals surface area contributed by atoms with Gasteiger partial charge in [-0.05, 0) is 37.1 Å². The molecule has 144 valence electrons. The Balaban J connectivity index is 1.48. The minimum atomic E-state index is -0.312. The molecule has 2 aromatic rings. The summed E-state index contributed by atoms with van der Waals surface area (Å²) in [5.41, 5.74) is 1.12. The molecular formula is C18H23N5O4. The van der Waals surface area contributed by atoms with Crippen LogP contribution in [0.5, 0.6) is 0 Å². The molecule has 1 aromatic heterocycles. The molecule has 1 aliphatic rings.